The van der Waals surface area contributed by atoms with Crippen molar-refractivity contribution in [2.24, 2.45) is 0 Å². The van der Waals surface area contributed by atoms with E-state index in [1.165, 1.54) is 22.3 Å². The fraction of sp³-hybridized carbons (Fsp3) is 0.286. The molecule has 1 aromatic carbocycles. The summed E-state index contributed by atoms with van der Waals surface area (Å²) in [4.78, 5) is 0.0701. The Morgan fingerprint density at radius 1 is 1.06 bits per heavy atom. The molecule has 0 aliphatic carbocycles. The molecule has 1 atom stereocenters. The Morgan fingerprint density at radius 2 is 1.72 bits per heavy atom. The summed E-state index contributed by atoms with van der Waals surface area (Å²) in [5.41, 5.74) is 5.04. The summed E-state index contributed by atoms with van der Waals surface area (Å²) < 4.78 is 7.55. The second-order valence-corrected chi connectivity index (χ2v) is 6.86. The second-order valence-electron chi connectivity index (χ2n) is 4.37. The Balaban J connectivity index is 2.54. The van der Waals surface area contributed by atoms with E-state index in [-0.39, 0.29) is 4.83 Å². The van der Waals surface area contributed by atoms with E-state index in [0.717, 1.165) is 14.9 Å². The van der Waals surface area contributed by atoms with Crippen molar-refractivity contribution in [3.05, 3.63) is 55.4 Å². The maximum absolute atomic E-state index is 5.63. The van der Waals surface area contributed by atoms with Gasteiger partial charge in [0.05, 0.1) is 4.83 Å². The topological polar surface area (TPSA) is 13.1 Å². The molecule has 0 N–H and O–H groups in total. The molecule has 0 aliphatic heterocycles. The minimum Gasteiger partial charge on any atom is -0.453 e. The molecule has 0 amide bonds. The maximum Gasteiger partial charge on any atom is 0.169 e. The summed E-state index contributed by atoms with van der Waals surface area (Å²) in [5.74, 6) is 0.906. The lowest BCUT2D eigenvalue weighted by Gasteiger charge is -2.17. The number of halogens is 3. The molecular formula is C14H13Br3O. The van der Waals surface area contributed by atoms with Crippen molar-refractivity contribution in [3.63, 3.8) is 0 Å². The van der Waals surface area contributed by atoms with Crippen LogP contribution in [0, 0.1) is 20.8 Å². The largest absolute Gasteiger partial charge is 0.453 e. The Bertz CT molecular complexity index is 587. The van der Waals surface area contributed by atoms with E-state index in [2.05, 4.69) is 74.6 Å². The lowest BCUT2D eigenvalue weighted by molar-refractivity contribution is 0.496. The smallest absolute Gasteiger partial charge is 0.169 e. The first-order valence-electron chi connectivity index (χ1n) is 5.57. The van der Waals surface area contributed by atoms with Gasteiger partial charge in [0, 0.05) is 4.47 Å². The molecule has 0 fully saturated rings. The molecule has 0 saturated carbocycles. The van der Waals surface area contributed by atoms with Crippen LogP contribution in [0.3, 0.4) is 0 Å². The zero-order valence-electron chi connectivity index (χ0n) is 10.4. The van der Waals surface area contributed by atoms with Gasteiger partial charge in [0.25, 0.3) is 0 Å². The number of benzene rings is 1. The van der Waals surface area contributed by atoms with Crippen LogP contribution >= 0.6 is 47.8 Å². The van der Waals surface area contributed by atoms with Gasteiger partial charge in [-0.3, -0.25) is 0 Å². The van der Waals surface area contributed by atoms with Gasteiger partial charge >= 0.3 is 0 Å². The number of aryl methyl sites for hydroxylation is 2. The van der Waals surface area contributed by atoms with E-state index in [1.807, 2.05) is 12.1 Å². The van der Waals surface area contributed by atoms with Crippen LogP contribution in [0.15, 0.2) is 31.8 Å². The molecule has 0 aliphatic rings. The molecule has 96 valence electrons. The Labute approximate surface area is 132 Å². The molecule has 1 aromatic heterocycles. The number of hydrogen-bond donors (Lipinski definition) is 0. The lowest BCUT2D eigenvalue weighted by atomic mass is 9.96. The fourth-order valence-corrected chi connectivity index (χ4v) is 3.77. The van der Waals surface area contributed by atoms with E-state index in [4.69, 9.17) is 4.42 Å². The predicted molar refractivity (Wildman–Crippen MR) is 85.5 cm³/mol. The Hall–Kier alpha value is -0.0600. The Kier molecular flexibility index (Phi) is 4.40. The SMILES string of the molecule is Cc1cc(C)c(C(Br)c2ccc(Br)o2)c(C)c1Br. The normalized spacial score (nSPS) is 12.8. The lowest BCUT2D eigenvalue weighted by Crippen LogP contribution is -2.00. The van der Waals surface area contributed by atoms with Gasteiger partial charge in [-0.2, -0.15) is 0 Å². The van der Waals surface area contributed by atoms with E-state index in [0.29, 0.717) is 0 Å². The fourth-order valence-electron chi connectivity index (χ4n) is 2.17. The number of furan rings is 1. The first-order valence-corrected chi connectivity index (χ1v) is 8.07. The molecule has 0 bridgehead atoms. The minimum atomic E-state index is 0.0701. The Morgan fingerprint density at radius 3 is 2.28 bits per heavy atom. The van der Waals surface area contributed by atoms with E-state index in [9.17, 15) is 0 Å². The first-order chi connectivity index (χ1) is 8.41. The van der Waals surface area contributed by atoms with Gasteiger partial charge in [0.1, 0.15) is 5.76 Å². The molecule has 1 heterocycles. The van der Waals surface area contributed by atoms with Crippen LogP contribution in [0.1, 0.15) is 32.8 Å². The van der Waals surface area contributed by atoms with Crippen molar-refractivity contribution in [3.8, 4) is 0 Å². The zero-order valence-corrected chi connectivity index (χ0v) is 15.1. The highest BCUT2D eigenvalue weighted by Crippen LogP contribution is 2.39. The van der Waals surface area contributed by atoms with Crippen molar-refractivity contribution in [2.45, 2.75) is 25.6 Å². The van der Waals surface area contributed by atoms with Crippen molar-refractivity contribution in [1.29, 1.82) is 0 Å². The average molecular weight is 437 g/mol. The van der Waals surface area contributed by atoms with Crippen LogP contribution < -0.4 is 0 Å². The minimum absolute atomic E-state index is 0.0701. The van der Waals surface area contributed by atoms with E-state index < -0.39 is 0 Å². The third-order valence-electron chi connectivity index (χ3n) is 3.03. The summed E-state index contributed by atoms with van der Waals surface area (Å²) in [6, 6.07) is 6.09. The van der Waals surface area contributed by atoms with Gasteiger partial charge in [-0.15, -0.1) is 0 Å². The van der Waals surface area contributed by atoms with Crippen molar-refractivity contribution in [1.82, 2.24) is 0 Å². The highest BCUT2D eigenvalue weighted by atomic mass is 79.9. The summed E-state index contributed by atoms with van der Waals surface area (Å²) in [6.07, 6.45) is 0. The highest BCUT2D eigenvalue weighted by molar-refractivity contribution is 9.10. The zero-order chi connectivity index (χ0) is 13.4. The van der Waals surface area contributed by atoms with E-state index in [1.54, 1.807) is 0 Å². The van der Waals surface area contributed by atoms with Crippen molar-refractivity contribution >= 4 is 47.8 Å². The van der Waals surface area contributed by atoms with Crippen LogP contribution in [0.5, 0.6) is 0 Å². The maximum atomic E-state index is 5.63. The van der Waals surface area contributed by atoms with Crippen molar-refractivity contribution in [2.75, 3.05) is 0 Å². The predicted octanol–water partition coefficient (Wildman–Crippen LogP) is 6.21. The van der Waals surface area contributed by atoms with E-state index >= 15 is 0 Å². The van der Waals surface area contributed by atoms with Crippen LogP contribution in [0.4, 0.5) is 0 Å². The van der Waals surface area contributed by atoms with Gasteiger partial charge < -0.3 is 4.42 Å². The molecule has 1 nitrogen and oxygen atoms in total. The summed E-state index contributed by atoms with van der Waals surface area (Å²) in [5, 5.41) is 0. The molecule has 0 radical (unpaired) electrons. The van der Waals surface area contributed by atoms with Crippen LogP contribution in [-0.2, 0) is 0 Å². The van der Waals surface area contributed by atoms with Crippen LogP contribution in [0.25, 0.3) is 0 Å². The average Bonchev–Trinajstić information content (AvgIpc) is 2.73. The molecule has 0 spiro atoms. The van der Waals surface area contributed by atoms with Gasteiger partial charge in [-0.1, -0.05) is 37.9 Å². The quantitative estimate of drug-likeness (QED) is 0.510. The molecule has 18 heavy (non-hydrogen) atoms. The third kappa shape index (κ3) is 2.61. The summed E-state index contributed by atoms with van der Waals surface area (Å²) in [7, 11) is 0. The van der Waals surface area contributed by atoms with Gasteiger partial charge in [0.2, 0.25) is 0 Å². The monoisotopic (exact) mass is 434 g/mol. The van der Waals surface area contributed by atoms with Gasteiger partial charge in [-0.25, -0.2) is 0 Å². The second kappa shape index (κ2) is 5.51. The van der Waals surface area contributed by atoms with Gasteiger partial charge in [0.15, 0.2) is 4.67 Å². The van der Waals surface area contributed by atoms with Gasteiger partial charge in [-0.05, 0) is 71.1 Å². The van der Waals surface area contributed by atoms with Crippen LogP contribution in [-0.4, -0.2) is 0 Å². The van der Waals surface area contributed by atoms with Crippen LogP contribution in [0.2, 0.25) is 0 Å². The number of alkyl halides is 1. The number of rotatable bonds is 2. The number of hydrogen-bond acceptors (Lipinski definition) is 1. The highest BCUT2D eigenvalue weighted by Gasteiger charge is 2.20. The summed E-state index contributed by atoms with van der Waals surface area (Å²) in [6.45, 7) is 6.38. The van der Waals surface area contributed by atoms with Crippen molar-refractivity contribution < 1.29 is 4.42 Å². The summed E-state index contributed by atoms with van der Waals surface area (Å²) >= 11 is 10.7. The molecule has 2 rings (SSSR count). The third-order valence-corrected chi connectivity index (χ3v) is 5.59. The molecular weight excluding hydrogens is 424 g/mol. The molecule has 0 saturated heterocycles. The first kappa shape index (κ1) is 14.4. The molecule has 1 unspecified atom stereocenters. The standard InChI is InChI=1S/C14H13Br3O/c1-7-6-8(2)13(16)9(3)12(7)14(17)10-4-5-11(15)18-10/h4-6,14H,1-3H3. The molecule has 2 aromatic rings. The molecule has 4 heteroatoms.